The van der Waals surface area contributed by atoms with E-state index in [1.165, 1.54) is 27.2 Å². The molecular weight excluding hydrogens is 1010 g/mol. The molecule has 4 heterocycles. The Hall–Kier alpha value is -6.96. The number of hydrogen-bond acceptors (Lipinski definition) is 13. The molecule has 2 N–H and O–H groups in total. The zero-order valence-corrected chi connectivity index (χ0v) is 42.9. The van der Waals surface area contributed by atoms with Crippen LogP contribution in [-0.2, 0) is 43.1 Å². The third-order valence-electron chi connectivity index (χ3n) is 13.9. The summed E-state index contributed by atoms with van der Waals surface area (Å²) in [6, 6.07) is 23.4. The van der Waals surface area contributed by atoms with Crippen LogP contribution in [0.15, 0.2) is 90.4 Å². The average molecular weight is 1070 g/mol. The van der Waals surface area contributed by atoms with Crippen molar-refractivity contribution in [2.75, 3.05) is 49.3 Å². The van der Waals surface area contributed by atoms with E-state index in [0.717, 1.165) is 58.0 Å². The van der Waals surface area contributed by atoms with Gasteiger partial charge in [0.25, 0.3) is 11.8 Å². The number of carbonyl (C=O) groups is 4. The molecule has 1 aliphatic carbocycles. The summed E-state index contributed by atoms with van der Waals surface area (Å²) in [6.45, 7) is 6.29. The van der Waals surface area contributed by atoms with Gasteiger partial charge in [-0.2, -0.15) is 18.4 Å². The molecule has 0 unspecified atom stereocenters. The lowest BCUT2D eigenvalue weighted by Gasteiger charge is -2.29. The first-order valence-corrected chi connectivity index (χ1v) is 25.8. The molecule has 1 saturated carbocycles. The summed E-state index contributed by atoms with van der Waals surface area (Å²) >= 11 is 7.17. The van der Waals surface area contributed by atoms with Crippen LogP contribution < -0.4 is 24.6 Å². The lowest BCUT2D eigenvalue weighted by Crippen LogP contribution is -2.49. The Labute approximate surface area is 440 Å². The number of hydrogen-bond donors (Lipinski definition) is 2. The van der Waals surface area contributed by atoms with E-state index in [9.17, 15) is 42.7 Å². The van der Waals surface area contributed by atoms with Crippen molar-refractivity contribution >= 4 is 63.7 Å². The molecule has 392 valence electrons. The largest absolute Gasteiger partial charge is 0.491 e. The number of aryl methyl sites for hydroxylation is 1. The first-order chi connectivity index (χ1) is 35.9. The molecule has 0 radical (unpaired) electrons. The number of fused-ring (bicyclic) bond motifs is 1. The van der Waals surface area contributed by atoms with Crippen molar-refractivity contribution in [3.63, 3.8) is 0 Å². The Balaban J connectivity index is 0.755. The standard InChI is InChI=1S/C54H54F3N7O9S2/c1-32-48(75-31-60-32)33-11-12-35(27-59-49(67)43-25-39(65)29-62(43)47(66)30-61-28-36-7-4-5-8-41(36)50(61)68)46(23-33)73-22-21-72-45-10-6-9-44(45)71-20-19-70-40-17-15-37(16-18-40)64-52(74)63(51(69)53(64,2)3)38-14-13-34(26-58)42(24-38)54(55,56)57/h4-5,7-8,11-18,23-24,31,39,43-45,65H,6,9-10,19-22,25,27-30H2,1-3H3,(H,59,67)/t39-,43+,44+,45-/m1/s1. The summed E-state index contributed by atoms with van der Waals surface area (Å²) < 4.78 is 66.2. The van der Waals surface area contributed by atoms with Gasteiger partial charge in [-0.25, -0.2) is 4.98 Å². The number of likely N-dealkylation sites (tertiary alicyclic amines) is 1. The topological polar surface area (TPSA) is 187 Å². The predicted octanol–water partition coefficient (Wildman–Crippen LogP) is 7.57. The summed E-state index contributed by atoms with van der Waals surface area (Å²) in [5, 5.41) is 22.8. The number of ether oxygens (including phenoxy) is 4. The molecule has 16 nitrogen and oxygen atoms in total. The Kier molecular flexibility index (Phi) is 15.6. The van der Waals surface area contributed by atoms with E-state index in [1.54, 1.807) is 66.7 Å². The maximum atomic E-state index is 13.8. The number of aliphatic hydroxyl groups excluding tert-OH is 1. The zero-order chi connectivity index (χ0) is 53.2. The number of amides is 4. The van der Waals surface area contributed by atoms with Crippen molar-refractivity contribution < 1.29 is 56.4 Å². The maximum absolute atomic E-state index is 13.8. The molecule has 3 fully saturated rings. The number of thiazole rings is 1. The van der Waals surface area contributed by atoms with Gasteiger partial charge < -0.3 is 44.1 Å². The lowest BCUT2D eigenvalue weighted by atomic mass is 10.0. The van der Waals surface area contributed by atoms with Crippen molar-refractivity contribution in [2.24, 2.45) is 0 Å². The minimum absolute atomic E-state index is 0.0147. The summed E-state index contributed by atoms with van der Waals surface area (Å²) in [5.41, 5.74) is 3.09. The molecule has 9 rings (SSSR count). The number of β-amino-alcohol motifs (C(OH)–C–C–N with tert-alkyl or cyclic N) is 1. The van der Waals surface area contributed by atoms with Crippen molar-refractivity contribution in [1.29, 1.82) is 5.26 Å². The van der Waals surface area contributed by atoms with Gasteiger partial charge in [0, 0.05) is 42.9 Å². The number of rotatable bonds is 18. The number of halogens is 3. The zero-order valence-electron chi connectivity index (χ0n) is 41.3. The van der Waals surface area contributed by atoms with Gasteiger partial charge in [-0.15, -0.1) is 11.3 Å². The minimum atomic E-state index is -4.81. The van der Waals surface area contributed by atoms with Crippen molar-refractivity contribution in [3.8, 4) is 28.0 Å². The summed E-state index contributed by atoms with van der Waals surface area (Å²) in [4.78, 5) is 64.7. The molecule has 1 aromatic heterocycles. The van der Waals surface area contributed by atoms with E-state index in [1.807, 2.05) is 37.3 Å². The van der Waals surface area contributed by atoms with E-state index in [2.05, 4.69) is 10.3 Å². The molecule has 75 heavy (non-hydrogen) atoms. The van der Waals surface area contributed by atoms with E-state index >= 15 is 0 Å². The van der Waals surface area contributed by atoms with Crippen LogP contribution in [0.2, 0.25) is 0 Å². The third kappa shape index (κ3) is 11.2. The van der Waals surface area contributed by atoms with Gasteiger partial charge in [0.1, 0.15) is 42.8 Å². The van der Waals surface area contributed by atoms with Gasteiger partial charge in [-0.1, -0.05) is 30.3 Å². The van der Waals surface area contributed by atoms with Crippen LogP contribution in [0.4, 0.5) is 24.5 Å². The number of alkyl halides is 3. The Morgan fingerprint density at radius 1 is 0.947 bits per heavy atom. The van der Waals surface area contributed by atoms with E-state index in [4.69, 9.17) is 31.2 Å². The summed E-state index contributed by atoms with van der Waals surface area (Å²) in [6.07, 6.45) is -3.48. The lowest BCUT2D eigenvalue weighted by molar-refractivity contribution is -0.139. The Morgan fingerprint density at radius 3 is 2.33 bits per heavy atom. The monoisotopic (exact) mass is 1070 g/mol. The first-order valence-electron chi connectivity index (χ1n) is 24.5. The molecule has 21 heteroatoms. The minimum Gasteiger partial charge on any atom is -0.491 e. The van der Waals surface area contributed by atoms with Crippen molar-refractivity contribution in [2.45, 2.75) is 95.6 Å². The number of thiocarbonyl (C=S) groups is 1. The molecule has 0 spiro atoms. The van der Waals surface area contributed by atoms with Crippen LogP contribution in [0, 0.1) is 18.3 Å². The highest BCUT2D eigenvalue weighted by Gasteiger charge is 2.51. The third-order valence-corrected chi connectivity index (χ3v) is 15.2. The number of aromatic nitrogens is 1. The normalized spacial score (nSPS) is 20.2. The van der Waals surface area contributed by atoms with Crippen LogP contribution in [0.1, 0.15) is 77.8 Å². The van der Waals surface area contributed by atoms with Gasteiger partial charge in [0.05, 0.1) is 70.5 Å². The Bertz CT molecular complexity index is 3040. The van der Waals surface area contributed by atoms with Gasteiger partial charge in [-0.05, 0) is 118 Å². The second kappa shape index (κ2) is 22.1. The fourth-order valence-corrected chi connectivity index (χ4v) is 11.3. The molecule has 2 saturated heterocycles. The average Bonchev–Trinajstić information content (AvgIpc) is 4.23. The summed E-state index contributed by atoms with van der Waals surface area (Å²) in [7, 11) is 0. The predicted molar refractivity (Wildman–Crippen MR) is 275 cm³/mol. The van der Waals surface area contributed by atoms with Crippen LogP contribution in [0.3, 0.4) is 0 Å². The number of nitrogens with one attached hydrogen (secondary N) is 1. The van der Waals surface area contributed by atoms with Crippen molar-refractivity contribution in [3.05, 3.63) is 124 Å². The van der Waals surface area contributed by atoms with E-state index < -0.39 is 52.7 Å². The van der Waals surface area contributed by atoms with Crippen LogP contribution in [0.5, 0.6) is 11.5 Å². The van der Waals surface area contributed by atoms with E-state index in [-0.39, 0.29) is 81.4 Å². The Morgan fingerprint density at radius 2 is 1.65 bits per heavy atom. The molecule has 4 amide bonds. The number of nitriles is 1. The SMILES string of the molecule is Cc1ncsc1-c1ccc(CNC(=O)[C@@H]2C[C@@H](O)CN2C(=O)CN2Cc3ccccc3C2=O)c(OCCO[C@@H]2CCC[C@@H]2OCCOc2ccc(N3C(=S)N(c4ccc(C#N)c(C(F)(F)F)c4)C(=O)C3(C)C)cc2)c1. The molecular formula is C54H54F3N7O9S2. The van der Waals surface area contributed by atoms with Gasteiger partial charge >= 0.3 is 6.18 Å². The molecule has 5 aromatic rings. The van der Waals surface area contributed by atoms with Crippen LogP contribution in [-0.4, -0.2) is 118 Å². The smallest absolute Gasteiger partial charge is 0.417 e. The molecule has 4 atom stereocenters. The second-order valence-corrected chi connectivity index (χ2v) is 20.4. The van der Waals surface area contributed by atoms with Gasteiger partial charge in [-0.3, -0.25) is 24.1 Å². The fraction of sp³-hybridized carbons (Fsp3) is 0.389. The number of nitrogens with zero attached hydrogens (tertiary/aromatic N) is 6. The van der Waals surface area contributed by atoms with Gasteiger partial charge in [0.15, 0.2) is 5.11 Å². The van der Waals surface area contributed by atoms with Crippen LogP contribution in [0.25, 0.3) is 10.4 Å². The number of benzene rings is 4. The molecule has 3 aliphatic heterocycles. The number of carbonyl (C=O) groups excluding carboxylic acids is 4. The summed E-state index contributed by atoms with van der Waals surface area (Å²) in [5.74, 6) is -0.564. The highest BCUT2D eigenvalue weighted by molar-refractivity contribution is 7.81. The van der Waals surface area contributed by atoms with E-state index in [0.29, 0.717) is 34.9 Å². The van der Waals surface area contributed by atoms with Crippen molar-refractivity contribution in [1.82, 2.24) is 20.1 Å². The first kappa shape index (κ1) is 52.9. The highest BCUT2D eigenvalue weighted by Crippen LogP contribution is 2.40. The molecule has 0 bridgehead atoms. The fourth-order valence-electron chi connectivity index (χ4n) is 10.0. The number of aliphatic hydroxyl groups is 1. The highest BCUT2D eigenvalue weighted by atomic mass is 32.1. The second-order valence-electron chi connectivity index (χ2n) is 19.2. The molecule has 4 aliphatic rings. The maximum Gasteiger partial charge on any atom is 0.417 e. The quantitative estimate of drug-likeness (QED) is 0.0647. The molecule has 4 aromatic carbocycles. The number of anilines is 2. The van der Waals surface area contributed by atoms with Gasteiger partial charge in [0.2, 0.25) is 11.8 Å². The van der Waals surface area contributed by atoms with Crippen LogP contribution >= 0.6 is 23.6 Å².